The normalized spacial score (nSPS) is 35.2. The first-order valence-corrected chi connectivity index (χ1v) is 7.59. The fourth-order valence-electron chi connectivity index (χ4n) is 3.56. The standard InChI is InChI=1S/C14H16N2O4S/c1-14(13(19)20-3)9-8(11(17)16(2)12(9)18)10(15-14)7-5-4-6-21-7/h4-6,8-10,15H,1-3H3/p+1/t8-,9-,10-,14+/m0/s1. The number of imide groups is 1. The molecule has 0 spiro atoms. The molecule has 0 aromatic carbocycles. The number of nitrogens with zero attached hydrogens (tertiary/aromatic N) is 1. The lowest BCUT2D eigenvalue weighted by atomic mass is 9.81. The van der Waals surface area contributed by atoms with Gasteiger partial charge in [0.05, 0.1) is 12.0 Å². The van der Waals surface area contributed by atoms with E-state index >= 15 is 0 Å². The number of esters is 1. The van der Waals surface area contributed by atoms with Crippen LogP contribution in [0.15, 0.2) is 17.5 Å². The third-order valence-electron chi connectivity index (χ3n) is 4.63. The minimum absolute atomic E-state index is 0.215. The molecule has 0 saturated carbocycles. The van der Waals surface area contributed by atoms with E-state index in [0.717, 1.165) is 9.78 Å². The Hall–Kier alpha value is -1.73. The third-order valence-corrected chi connectivity index (χ3v) is 5.60. The summed E-state index contributed by atoms with van der Waals surface area (Å²) in [7, 11) is 2.78. The molecule has 1 aromatic heterocycles. The SMILES string of the molecule is COC(=O)[C@]1(C)[NH2+][C@@H](c2cccs2)[C@H]2C(=O)N(C)C(=O)[C@H]21. The van der Waals surface area contributed by atoms with E-state index in [-0.39, 0.29) is 17.9 Å². The van der Waals surface area contributed by atoms with Gasteiger partial charge in [0.15, 0.2) is 0 Å². The van der Waals surface area contributed by atoms with Crippen molar-refractivity contribution in [2.24, 2.45) is 11.8 Å². The number of carbonyl (C=O) groups is 3. The van der Waals surface area contributed by atoms with E-state index in [4.69, 9.17) is 4.74 Å². The Morgan fingerprint density at radius 1 is 1.43 bits per heavy atom. The Morgan fingerprint density at radius 2 is 2.14 bits per heavy atom. The lowest BCUT2D eigenvalue weighted by molar-refractivity contribution is -0.730. The first-order chi connectivity index (χ1) is 9.91. The van der Waals surface area contributed by atoms with Gasteiger partial charge in [0.25, 0.3) is 0 Å². The number of carbonyl (C=O) groups excluding carboxylic acids is 3. The van der Waals surface area contributed by atoms with Crippen molar-refractivity contribution in [1.82, 2.24) is 4.90 Å². The minimum atomic E-state index is -1.06. The summed E-state index contributed by atoms with van der Waals surface area (Å²) >= 11 is 1.53. The number of thiophene rings is 1. The first-order valence-electron chi connectivity index (χ1n) is 6.71. The Bertz CT molecular complexity index is 615. The first kappa shape index (κ1) is 14.2. The quantitative estimate of drug-likeness (QED) is 0.591. The number of amides is 2. The number of rotatable bonds is 2. The van der Waals surface area contributed by atoms with Gasteiger partial charge in [-0.05, 0) is 11.4 Å². The molecule has 4 atom stereocenters. The number of methoxy groups -OCH3 is 1. The molecule has 6 nitrogen and oxygen atoms in total. The van der Waals surface area contributed by atoms with Gasteiger partial charge < -0.3 is 10.1 Å². The van der Waals surface area contributed by atoms with Gasteiger partial charge in [-0.1, -0.05) is 6.07 Å². The summed E-state index contributed by atoms with van der Waals surface area (Å²) in [6.45, 7) is 1.69. The summed E-state index contributed by atoms with van der Waals surface area (Å²) in [6, 6.07) is 3.62. The van der Waals surface area contributed by atoms with Crippen LogP contribution in [0.2, 0.25) is 0 Å². The van der Waals surface area contributed by atoms with Crippen LogP contribution in [0.3, 0.4) is 0 Å². The molecule has 112 valence electrons. The molecule has 1 aromatic rings. The molecule has 2 amide bonds. The maximum absolute atomic E-state index is 12.4. The average Bonchev–Trinajstić information content (AvgIpc) is 3.14. The van der Waals surface area contributed by atoms with E-state index in [0.29, 0.717) is 0 Å². The number of quaternary nitrogens is 1. The van der Waals surface area contributed by atoms with Crippen molar-refractivity contribution in [3.63, 3.8) is 0 Å². The molecule has 3 rings (SSSR count). The maximum Gasteiger partial charge on any atom is 0.368 e. The van der Waals surface area contributed by atoms with Crippen molar-refractivity contribution < 1.29 is 24.4 Å². The van der Waals surface area contributed by atoms with Crippen LogP contribution in [0.1, 0.15) is 17.8 Å². The van der Waals surface area contributed by atoms with Crippen LogP contribution < -0.4 is 5.32 Å². The highest BCUT2D eigenvalue weighted by Gasteiger charge is 2.70. The molecule has 7 heteroatoms. The lowest BCUT2D eigenvalue weighted by Gasteiger charge is -2.24. The van der Waals surface area contributed by atoms with Crippen LogP contribution in [0.5, 0.6) is 0 Å². The van der Waals surface area contributed by atoms with Crippen molar-refractivity contribution in [2.75, 3.05) is 14.2 Å². The smallest absolute Gasteiger partial charge is 0.368 e. The fourth-order valence-corrected chi connectivity index (χ4v) is 4.41. The van der Waals surface area contributed by atoms with Gasteiger partial charge in [0.2, 0.25) is 17.4 Å². The topological polar surface area (TPSA) is 80.3 Å². The third kappa shape index (κ3) is 1.77. The molecule has 2 aliphatic rings. The predicted molar refractivity (Wildman–Crippen MR) is 74.2 cm³/mol. The second-order valence-corrected chi connectivity index (χ2v) is 6.70. The summed E-state index contributed by atoms with van der Waals surface area (Å²) < 4.78 is 4.88. The zero-order chi connectivity index (χ0) is 15.4. The van der Waals surface area contributed by atoms with Gasteiger partial charge in [0, 0.05) is 14.0 Å². The number of hydrogen-bond acceptors (Lipinski definition) is 5. The van der Waals surface area contributed by atoms with Crippen LogP contribution in [0.4, 0.5) is 0 Å². The molecule has 3 heterocycles. The van der Waals surface area contributed by atoms with Gasteiger partial charge in [0.1, 0.15) is 17.9 Å². The highest BCUT2D eigenvalue weighted by molar-refractivity contribution is 7.10. The fraction of sp³-hybridized carbons (Fsp3) is 0.500. The van der Waals surface area contributed by atoms with E-state index in [9.17, 15) is 14.4 Å². The highest BCUT2D eigenvalue weighted by atomic mass is 32.1. The zero-order valence-electron chi connectivity index (χ0n) is 12.0. The van der Waals surface area contributed by atoms with Crippen LogP contribution in [-0.2, 0) is 19.1 Å². The molecule has 2 fully saturated rings. The van der Waals surface area contributed by atoms with Crippen LogP contribution in [-0.4, -0.2) is 42.4 Å². The van der Waals surface area contributed by atoms with Crippen molar-refractivity contribution in [3.05, 3.63) is 22.4 Å². The van der Waals surface area contributed by atoms with Crippen molar-refractivity contribution in [2.45, 2.75) is 18.5 Å². The maximum atomic E-state index is 12.4. The average molecular weight is 309 g/mol. The zero-order valence-corrected chi connectivity index (χ0v) is 12.8. The Kier molecular flexibility index (Phi) is 3.14. The van der Waals surface area contributed by atoms with E-state index in [2.05, 4.69) is 0 Å². The summed E-state index contributed by atoms with van der Waals surface area (Å²) in [5, 5.41) is 3.75. The van der Waals surface area contributed by atoms with Gasteiger partial charge >= 0.3 is 5.97 Å². The van der Waals surface area contributed by atoms with Crippen molar-refractivity contribution >= 4 is 29.1 Å². The summed E-state index contributed by atoms with van der Waals surface area (Å²) in [5.41, 5.74) is -1.06. The summed E-state index contributed by atoms with van der Waals surface area (Å²) in [4.78, 5) is 39.2. The molecule has 0 unspecified atom stereocenters. The number of ether oxygens (including phenoxy) is 1. The van der Waals surface area contributed by atoms with Crippen molar-refractivity contribution in [1.29, 1.82) is 0 Å². The summed E-state index contributed by atoms with van der Waals surface area (Å²) in [6.07, 6.45) is 0. The molecule has 21 heavy (non-hydrogen) atoms. The van der Waals surface area contributed by atoms with Crippen LogP contribution in [0.25, 0.3) is 0 Å². The lowest BCUT2D eigenvalue weighted by Crippen LogP contribution is -2.97. The molecular formula is C14H17N2O4S+. The second kappa shape index (κ2) is 4.64. The van der Waals surface area contributed by atoms with Gasteiger partial charge in [-0.15, -0.1) is 11.3 Å². The van der Waals surface area contributed by atoms with Gasteiger partial charge in [-0.25, -0.2) is 4.79 Å². The predicted octanol–water partition coefficient (Wildman–Crippen LogP) is -0.471. The van der Waals surface area contributed by atoms with Crippen molar-refractivity contribution in [3.8, 4) is 0 Å². The molecule has 2 saturated heterocycles. The minimum Gasteiger partial charge on any atom is -0.464 e. The van der Waals surface area contributed by atoms with Crippen LogP contribution in [0, 0.1) is 11.8 Å². The van der Waals surface area contributed by atoms with E-state index in [1.54, 1.807) is 6.92 Å². The molecular weight excluding hydrogens is 292 g/mol. The number of likely N-dealkylation sites (tertiary alicyclic amines) is 1. The van der Waals surface area contributed by atoms with Gasteiger partial charge in [-0.3, -0.25) is 14.5 Å². The van der Waals surface area contributed by atoms with Crippen LogP contribution >= 0.6 is 11.3 Å². The molecule has 0 radical (unpaired) electrons. The monoisotopic (exact) mass is 309 g/mol. The van der Waals surface area contributed by atoms with E-state index in [1.807, 2.05) is 22.8 Å². The Balaban J connectivity index is 2.10. The molecule has 2 aliphatic heterocycles. The Morgan fingerprint density at radius 3 is 2.71 bits per heavy atom. The largest absolute Gasteiger partial charge is 0.464 e. The molecule has 2 N–H and O–H groups in total. The number of nitrogens with two attached hydrogens (primary N) is 1. The Labute approximate surface area is 126 Å². The second-order valence-electron chi connectivity index (χ2n) is 5.72. The van der Waals surface area contributed by atoms with Gasteiger partial charge in [-0.2, -0.15) is 0 Å². The highest BCUT2D eigenvalue weighted by Crippen LogP contribution is 2.44. The molecule has 0 bridgehead atoms. The molecule has 0 aliphatic carbocycles. The number of fused-ring (bicyclic) bond motifs is 1. The summed E-state index contributed by atoms with van der Waals surface area (Å²) in [5.74, 6) is -2.16. The number of hydrogen-bond donors (Lipinski definition) is 1. The van der Waals surface area contributed by atoms with E-state index < -0.39 is 23.3 Å². The van der Waals surface area contributed by atoms with E-state index in [1.165, 1.54) is 25.5 Å².